The lowest BCUT2D eigenvalue weighted by atomic mass is 10.1. The van der Waals surface area contributed by atoms with Crippen LogP contribution in [-0.4, -0.2) is 25.7 Å². The van der Waals surface area contributed by atoms with Gasteiger partial charge >= 0.3 is 0 Å². The van der Waals surface area contributed by atoms with Gasteiger partial charge in [0.25, 0.3) is 5.91 Å². The summed E-state index contributed by atoms with van der Waals surface area (Å²) in [5.74, 6) is -0.0956. The van der Waals surface area contributed by atoms with E-state index >= 15 is 0 Å². The molecule has 4 rings (SSSR count). The smallest absolute Gasteiger partial charge is 0.263 e. The number of imidazole rings is 1. The number of benzene rings is 2. The third-order valence-corrected chi connectivity index (χ3v) is 3.36. The minimum atomic E-state index is -0.0956. The Labute approximate surface area is 113 Å². The second kappa shape index (κ2) is 4.03. The van der Waals surface area contributed by atoms with E-state index in [0.29, 0.717) is 5.56 Å². The molecule has 0 unspecified atom stereocenters. The number of nitrogens with one attached hydrogen (secondary N) is 1. The summed E-state index contributed by atoms with van der Waals surface area (Å²) in [4.78, 5) is 16.8. The second-order valence-electron chi connectivity index (χ2n) is 4.58. The van der Waals surface area contributed by atoms with E-state index in [9.17, 15) is 4.79 Å². The summed E-state index contributed by atoms with van der Waals surface area (Å²) in [5.41, 5.74) is 3.15. The fourth-order valence-electron chi connectivity index (χ4n) is 2.34. The van der Waals surface area contributed by atoms with Crippen LogP contribution in [0.2, 0.25) is 0 Å². The number of nitrogens with zero attached hydrogens (tertiary/aromatic N) is 3. The first kappa shape index (κ1) is 10.9. The van der Waals surface area contributed by atoms with E-state index in [1.54, 1.807) is 23.2 Å². The van der Waals surface area contributed by atoms with Crippen molar-refractivity contribution in [1.82, 2.24) is 19.7 Å². The molecule has 20 heavy (non-hydrogen) atoms. The van der Waals surface area contributed by atoms with Crippen LogP contribution in [0.25, 0.3) is 21.9 Å². The topological polar surface area (TPSA) is 63.6 Å². The van der Waals surface area contributed by atoms with Gasteiger partial charge in [0.2, 0.25) is 0 Å². The van der Waals surface area contributed by atoms with Crippen LogP contribution in [-0.2, 0) is 0 Å². The summed E-state index contributed by atoms with van der Waals surface area (Å²) in [6.07, 6.45) is 3.27. The molecule has 0 aliphatic carbocycles. The number of hydrogen-bond donors (Lipinski definition) is 1. The summed E-state index contributed by atoms with van der Waals surface area (Å²) in [6.45, 7) is 0. The summed E-state index contributed by atoms with van der Waals surface area (Å²) < 4.78 is 1.57. The molecule has 96 valence electrons. The Hall–Kier alpha value is -2.95. The number of hydrogen-bond acceptors (Lipinski definition) is 3. The fraction of sp³-hybridized carbons (Fsp3) is 0. The van der Waals surface area contributed by atoms with Gasteiger partial charge in [0.05, 0.1) is 22.7 Å². The minimum absolute atomic E-state index is 0.0956. The van der Waals surface area contributed by atoms with Crippen molar-refractivity contribution in [2.75, 3.05) is 0 Å². The zero-order valence-corrected chi connectivity index (χ0v) is 10.4. The average Bonchev–Trinajstić information content (AvgIpc) is 3.12. The van der Waals surface area contributed by atoms with Crippen LogP contribution in [0.5, 0.6) is 0 Å². The molecule has 0 amide bonds. The molecule has 0 saturated heterocycles. The molecule has 2 aromatic carbocycles. The molecule has 0 saturated carbocycles. The highest BCUT2D eigenvalue weighted by Crippen LogP contribution is 2.17. The van der Waals surface area contributed by atoms with E-state index in [0.717, 1.165) is 21.9 Å². The van der Waals surface area contributed by atoms with Gasteiger partial charge < -0.3 is 0 Å². The number of rotatable bonds is 1. The number of para-hydroxylation sites is 2. The molecular formula is C15H10N4O. The van der Waals surface area contributed by atoms with Crippen LogP contribution in [0, 0.1) is 0 Å². The molecule has 2 heterocycles. The van der Waals surface area contributed by atoms with Crippen LogP contribution in [0.1, 0.15) is 10.4 Å². The Morgan fingerprint density at radius 1 is 1.15 bits per heavy atom. The third-order valence-electron chi connectivity index (χ3n) is 3.36. The lowest BCUT2D eigenvalue weighted by Crippen LogP contribution is -2.10. The Morgan fingerprint density at radius 2 is 2.05 bits per heavy atom. The first-order valence-corrected chi connectivity index (χ1v) is 6.23. The maximum absolute atomic E-state index is 12.6. The average molecular weight is 262 g/mol. The molecule has 0 aliphatic heterocycles. The molecule has 5 heteroatoms. The van der Waals surface area contributed by atoms with Crippen molar-refractivity contribution in [3.05, 3.63) is 60.6 Å². The van der Waals surface area contributed by atoms with E-state index in [1.807, 2.05) is 36.4 Å². The first-order chi connectivity index (χ1) is 9.83. The second-order valence-corrected chi connectivity index (χ2v) is 4.58. The lowest BCUT2D eigenvalue weighted by molar-refractivity contribution is 0.0964. The Kier molecular flexibility index (Phi) is 2.20. The number of carbonyl (C=O) groups is 1. The van der Waals surface area contributed by atoms with Gasteiger partial charge in [-0.1, -0.05) is 12.1 Å². The highest BCUT2D eigenvalue weighted by Gasteiger charge is 2.12. The molecule has 0 radical (unpaired) electrons. The van der Waals surface area contributed by atoms with Gasteiger partial charge in [0.15, 0.2) is 0 Å². The normalized spacial score (nSPS) is 11.2. The largest absolute Gasteiger partial charge is 0.278 e. The highest BCUT2D eigenvalue weighted by molar-refractivity contribution is 6.03. The number of carbonyl (C=O) groups excluding carboxylic acids is 1. The number of aromatic nitrogens is 4. The van der Waals surface area contributed by atoms with Crippen molar-refractivity contribution in [2.24, 2.45) is 0 Å². The summed E-state index contributed by atoms with van der Waals surface area (Å²) >= 11 is 0. The van der Waals surface area contributed by atoms with Crippen LogP contribution >= 0.6 is 0 Å². The van der Waals surface area contributed by atoms with Crippen molar-refractivity contribution < 1.29 is 4.79 Å². The van der Waals surface area contributed by atoms with Gasteiger partial charge in [-0.15, -0.1) is 0 Å². The Balaban J connectivity index is 1.86. The van der Waals surface area contributed by atoms with Gasteiger partial charge in [-0.25, -0.2) is 4.98 Å². The van der Waals surface area contributed by atoms with Crippen molar-refractivity contribution in [3.63, 3.8) is 0 Å². The zero-order chi connectivity index (χ0) is 13.5. The van der Waals surface area contributed by atoms with Crippen molar-refractivity contribution in [2.45, 2.75) is 0 Å². The van der Waals surface area contributed by atoms with Crippen LogP contribution in [0.15, 0.2) is 55.0 Å². The number of H-pyrrole nitrogens is 1. The molecule has 1 N–H and O–H groups in total. The predicted molar refractivity (Wildman–Crippen MR) is 75.6 cm³/mol. The molecule has 0 aliphatic rings. The fourth-order valence-corrected chi connectivity index (χ4v) is 2.34. The molecular weight excluding hydrogens is 252 g/mol. The van der Waals surface area contributed by atoms with E-state index in [-0.39, 0.29) is 5.91 Å². The van der Waals surface area contributed by atoms with E-state index in [2.05, 4.69) is 15.2 Å². The molecule has 0 fully saturated rings. The molecule has 0 atom stereocenters. The van der Waals surface area contributed by atoms with Gasteiger partial charge in [-0.05, 0) is 30.3 Å². The van der Waals surface area contributed by atoms with Crippen molar-refractivity contribution >= 4 is 27.8 Å². The lowest BCUT2D eigenvalue weighted by Gasteiger charge is -2.03. The SMILES string of the molecule is O=C(c1ccc2[nH]ncc2c1)n1cnc2ccccc21. The van der Waals surface area contributed by atoms with Gasteiger partial charge in [-0.2, -0.15) is 5.10 Å². The maximum Gasteiger partial charge on any atom is 0.263 e. The van der Waals surface area contributed by atoms with E-state index < -0.39 is 0 Å². The standard InChI is InChI=1S/C15H10N4O/c20-15(10-5-6-12-11(7-10)8-17-18-12)19-9-16-13-3-1-2-4-14(13)19/h1-9H,(H,17,18). The van der Waals surface area contributed by atoms with E-state index in [4.69, 9.17) is 0 Å². The van der Waals surface area contributed by atoms with Crippen molar-refractivity contribution in [3.8, 4) is 0 Å². The summed E-state index contributed by atoms with van der Waals surface area (Å²) in [6, 6.07) is 13.0. The number of fused-ring (bicyclic) bond motifs is 2. The van der Waals surface area contributed by atoms with Gasteiger partial charge in [0.1, 0.15) is 6.33 Å². The number of aromatic amines is 1. The molecule has 0 bridgehead atoms. The molecule has 5 nitrogen and oxygen atoms in total. The molecule has 4 aromatic rings. The van der Waals surface area contributed by atoms with Gasteiger partial charge in [0, 0.05) is 10.9 Å². The quantitative estimate of drug-likeness (QED) is 0.573. The molecule has 0 spiro atoms. The summed E-state index contributed by atoms with van der Waals surface area (Å²) in [7, 11) is 0. The van der Waals surface area contributed by atoms with E-state index in [1.165, 1.54) is 0 Å². The maximum atomic E-state index is 12.6. The minimum Gasteiger partial charge on any atom is -0.278 e. The van der Waals surface area contributed by atoms with Crippen LogP contribution in [0.4, 0.5) is 0 Å². The molecule has 2 aromatic heterocycles. The summed E-state index contributed by atoms with van der Waals surface area (Å²) in [5, 5.41) is 7.75. The highest BCUT2D eigenvalue weighted by atomic mass is 16.2. The first-order valence-electron chi connectivity index (χ1n) is 6.23. The van der Waals surface area contributed by atoms with Crippen LogP contribution in [0.3, 0.4) is 0 Å². The predicted octanol–water partition coefficient (Wildman–Crippen LogP) is 2.60. The van der Waals surface area contributed by atoms with Gasteiger partial charge in [-0.3, -0.25) is 14.5 Å². The van der Waals surface area contributed by atoms with Crippen LogP contribution < -0.4 is 0 Å². The van der Waals surface area contributed by atoms with Crippen molar-refractivity contribution in [1.29, 1.82) is 0 Å². The Morgan fingerprint density at radius 3 is 3.00 bits per heavy atom. The Bertz CT molecular complexity index is 935. The monoisotopic (exact) mass is 262 g/mol. The zero-order valence-electron chi connectivity index (χ0n) is 10.4. The third kappa shape index (κ3) is 1.53.